The van der Waals surface area contributed by atoms with Crippen LogP contribution in [0.25, 0.3) is 0 Å². The lowest BCUT2D eigenvalue weighted by Gasteiger charge is -2.16. The van der Waals surface area contributed by atoms with Gasteiger partial charge in [-0.05, 0) is 26.9 Å². The lowest BCUT2D eigenvalue weighted by atomic mass is 10.2. The summed E-state index contributed by atoms with van der Waals surface area (Å²) < 4.78 is 0. The van der Waals surface area contributed by atoms with Crippen molar-refractivity contribution < 1.29 is 0 Å². The van der Waals surface area contributed by atoms with Crippen molar-refractivity contribution in [3.63, 3.8) is 0 Å². The molecule has 1 rings (SSSR count). The summed E-state index contributed by atoms with van der Waals surface area (Å²) in [5.41, 5.74) is 0. The van der Waals surface area contributed by atoms with Crippen LogP contribution >= 0.6 is 0 Å². The highest BCUT2D eigenvalue weighted by atomic mass is 15.2. The third-order valence-electron chi connectivity index (χ3n) is 2.43. The van der Waals surface area contributed by atoms with E-state index < -0.39 is 0 Å². The molecule has 0 saturated carbocycles. The van der Waals surface area contributed by atoms with Crippen molar-refractivity contribution in [1.82, 2.24) is 10.2 Å². The number of nitrogens with zero attached hydrogens (tertiary/aromatic N) is 2. The van der Waals surface area contributed by atoms with E-state index in [2.05, 4.69) is 16.3 Å². The summed E-state index contributed by atoms with van der Waals surface area (Å²) in [7, 11) is 2.00. The van der Waals surface area contributed by atoms with Crippen LogP contribution in [0.15, 0.2) is 0 Å². The van der Waals surface area contributed by atoms with Crippen molar-refractivity contribution >= 4 is 0 Å². The van der Waals surface area contributed by atoms with Crippen LogP contribution in [0.3, 0.4) is 0 Å². The Hall–Kier alpha value is -0.590. The molecule has 0 amide bonds. The summed E-state index contributed by atoms with van der Waals surface area (Å²) in [6.07, 6.45) is 1.22. The van der Waals surface area contributed by atoms with Crippen molar-refractivity contribution in [1.29, 1.82) is 5.26 Å². The van der Waals surface area contributed by atoms with Gasteiger partial charge in [0.15, 0.2) is 0 Å². The highest BCUT2D eigenvalue weighted by molar-refractivity contribution is 4.86. The number of hydrogen-bond donors (Lipinski definition) is 1. The van der Waals surface area contributed by atoms with Gasteiger partial charge < -0.3 is 10.2 Å². The molecule has 1 aliphatic heterocycles. The van der Waals surface area contributed by atoms with E-state index in [1.54, 1.807) is 0 Å². The lowest BCUT2D eigenvalue weighted by Crippen LogP contribution is -2.31. The number of nitriles is 1. The summed E-state index contributed by atoms with van der Waals surface area (Å²) in [6, 6.07) is 2.90. The smallest absolute Gasteiger partial charge is 0.0666 e. The van der Waals surface area contributed by atoms with E-state index in [4.69, 9.17) is 5.26 Å². The standard InChI is InChI=1S/C9H17N3/c1-8(5-10)6-12-4-3-9(7-12)11-2/h8-9,11H,3-4,6-7H2,1-2H3. The second-order valence-electron chi connectivity index (χ2n) is 3.56. The first kappa shape index (κ1) is 9.50. The number of hydrogen-bond acceptors (Lipinski definition) is 3. The van der Waals surface area contributed by atoms with Crippen molar-refractivity contribution in [2.45, 2.75) is 19.4 Å². The molecule has 12 heavy (non-hydrogen) atoms. The van der Waals surface area contributed by atoms with Crippen LogP contribution in [0.1, 0.15) is 13.3 Å². The number of rotatable bonds is 3. The van der Waals surface area contributed by atoms with Gasteiger partial charge in [-0.3, -0.25) is 0 Å². The Labute approximate surface area is 74.4 Å². The molecule has 2 unspecified atom stereocenters. The number of nitrogens with one attached hydrogen (secondary N) is 1. The minimum absolute atomic E-state index is 0.167. The van der Waals surface area contributed by atoms with Crippen molar-refractivity contribution in [2.24, 2.45) is 5.92 Å². The third kappa shape index (κ3) is 2.47. The molecule has 1 heterocycles. The maximum absolute atomic E-state index is 8.63. The molecule has 0 aromatic heterocycles. The summed E-state index contributed by atoms with van der Waals surface area (Å²) in [4.78, 5) is 2.36. The Bertz CT molecular complexity index is 173. The Balaban J connectivity index is 2.24. The van der Waals surface area contributed by atoms with E-state index in [0.29, 0.717) is 6.04 Å². The molecule has 0 bridgehead atoms. The quantitative estimate of drug-likeness (QED) is 0.663. The normalized spacial score (nSPS) is 26.9. The van der Waals surface area contributed by atoms with Gasteiger partial charge in [0, 0.05) is 19.1 Å². The fourth-order valence-corrected chi connectivity index (χ4v) is 1.66. The molecule has 2 atom stereocenters. The molecule has 0 spiro atoms. The molecule has 1 N–H and O–H groups in total. The highest BCUT2D eigenvalue weighted by Gasteiger charge is 2.21. The molecule has 68 valence electrons. The second-order valence-corrected chi connectivity index (χ2v) is 3.56. The van der Waals surface area contributed by atoms with Crippen LogP contribution in [-0.4, -0.2) is 37.6 Å². The second kappa shape index (κ2) is 4.44. The van der Waals surface area contributed by atoms with Gasteiger partial charge in [-0.2, -0.15) is 5.26 Å². The fourth-order valence-electron chi connectivity index (χ4n) is 1.66. The summed E-state index contributed by atoms with van der Waals surface area (Å²) in [5, 5.41) is 11.9. The van der Waals surface area contributed by atoms with Gasteiger partial charge in [-0.15, -0.1) is 0 Å². The van der Waals surface area contributed by atoms with Gasteiger partial charge in [0.05, 0.1) is 12.0 Å². The van der Waals surface area contributed by atoms with E-state index in [-0.39, 0.29) is 5.92 Å². The molecule has 0 aromatic rings. The van der Waals surface area contributed by atoms with Gasteiger partial charge in [0.25, 0.3) is 0 Å². The van der Waals surface area contributed by atoms with Crippen molar-refractivity contribution in [3.8, 4) is 6.07 Å². The third-order valence-corrected chi connectivity index (χ3v) is 2.43. The number of likely N-dealkylation sites (N-methyl/N-ethyl adjacent to an activating group) is 1. The molecular formula is C9H17N3. The van der Waals surface area contributed by atoms with E-state index in [0.717, 1.165) is 19.6 Å². The minimum atomic E-state index is 0.167. The minimum Gasteiger partial charge on any atom is -0.316 e. The highest BCUT2D eigenvalue weighted by Crippen LogP contribution is 2.10. The Morgan fingerprint density at radius 3 is 3.00 bits per heavy atom. The predicted molar refractivity (Wildman–Crippen MR) is 48.7 cm³/mol. The zero-order valence-corrected chi connectivity index (χ0v) is 7.88. The Kier molecular flexibility index (Phi) is 3.51. The molecule has 1 saturated heterocycles. The summed E-state index contributed by atoms with van der Waals surface area (Å²) in [6.45, 7) is 5.14. The molecule has 1 aliphatic rings. The van der Waals surface area contributed by atoms with E-state index in [1.165, 1.54) is 6.42 Å². The molecule has 0 aromatic carbocycles. The lowest BCUT2D eigenvalue weighted by molar-refractivity contribution is 0.306. The van der Waals surface area contributed by atoms with E-state index >= 15 is 0 Å². The van der Waals surface area contributed by atoms with Crippen LogP contribution < -0.4 is 5.32 Å². The Morgan fingerprint density at radius 1 is 1.75 bits per heavy atom. The average molecular weight is 167 g/mol. The van der Waals surface area contributed by atoms with Gasteiger partial charge >= 0.3 is 0 Å². The Morgan fingerprint density at radius 2 is 2.50 bits per heavy atom. The van der Waals surface area contributed by atoms with Crippen LogP contribution in [0.2, 0.25) is 0 Å². The predicted octanol–water partition coefficient (Wildman–Crippen LogP) is 0.440. The maximum atomic E-state index is 8.63. The largest absolute Gasteiger partial charge is 0.316 e. The van der Waals surface area contributed by atoms with Crippen molar-refractivity contribution in [3.05, 3.63) is 0 Å². The first-order chi connectivity index (χ1) is 5.76. The molecule has 3 nitrogen and oxygen atoms in total. The molecule has 0 radical (unpaired) electrons. The SMILES string of the molecule is CNC1CCN(CC(C)C#N)C1. The van der Waals surface area contributed by atoms with Crippen LogP contribution in [0.4, 0.5) is 0 Å². The van der Waals surface area contributed by atoms with E-state index in [1.807, 2.05) is 14.0 Å². The fraction of sp³-hybridized carbons (Fsp3) is 0.889. The van der Waals surface area contributed by atoms with Crippen LogP contribution in [-0.2, 0) is 0 Å². The summed E-state index contributed by atoms with van der Waals surface area (Å²) >= 11 is 0. The van der Waals surface area contributed by atoms with Crippen molar-refractivity contribution in [2.75, 3.05) is 26.7 Å². The zero-order chi connectivity index (χ0) is 8.97. The van der Waals surface area contributed by atoms with Crippen LogP contribution in [0.5, 0.6) is 0 Å². The van der Waals surface area contributed by atoms with Gasteiger partial charge in [-0.1, -0.05) is 0 Å². The van der Waals surface area contributed by atoms with Crippen LogP contribution in [0, 0.1) is 17.2 Å². The molecule has 0 aliphatic carbocycles. The van der Waals surface area contributed by atoms with E-state index in [9.17, 15) is 0 Å². The van der Waals surface area contributed by atoms with Gasteiger partial charge in [0.2, 0.25) is 0 Å². The maximum Gasteiger partial charge on any atom is 0.0666 e. The monoisotopic (exact) mass is 167 g/mol. The first-order valence-corrected chi connectivity index (χ1v) is 4.55. The molecule has 1 fully saturated rings. The topological polar surface area (TPSA) is 39.1 Å². The van der Waals surface area contributed by atoms with Gasteiger partial charge in [-0.25, -0.2) is 0 Å². The first-order valence-electron chi connectivity index (χ1n) is 4.55. The molecule has 3 heteroatoms. The zero-order valence-electron chi connectivity index (χ0n) is 7.88. The average Bonchev–Trinajstić information content (AvgIpc) is 2.52. The van der Waals surface area contributed by atoms with Gasteiger partial charge in [0.1, 0.15) is 0 Å². The molecular weight excluding hydrogens is 150 g/mol. The number of likely N-dealkylation sites (tertiary alicyclic amines) is 1. The summed E-state index contributed by atoms with van der Waals surface area (Å²) in [5.74, 6) is 0.167.